The summed E-state index contributed by atoms with van der Waals surface area (Å²) >= 11 is 0. The number of aryl methyl sites for hydroxylation is 2. The van der Waals surface area contributed by atoms with Gasteiger partial charge in [0.2, 0.25) is 17.7 Å². The quantitative estimate of drug-likeness (QED) is 0.592. The molecule has 4 bridgehead atoms. The normalized spacial score (nSPS) is 28.5. The molecule has 226 valence electrons. The molecule has 3 fully saturated rings. The van der Waals surface area contributed by atoms with Crippen LogP contribution >= 0.6 is 0 Å². The minimum atomic E-state index is -0.243. The first kappa shape index (κ1) is 29.6. The molecule has 4 aliphatic rings. The molecule has 0 aliphatic carbocycles. The number of nitrogens with zero attached hydrogens (tertiary/aromatic N) is 3. The predicted molar refractivity (Wildman–Crippen MR) is 154 cm³/mol. The van der Waals surface area contributed by atoms with E-state index in [1.54, 1.807) is 14.2 Å². The molecule has 0 radical (unpaired) electrons. The van der Waals surface area contributed by atoms with Crippen LogP contribution in [0.3, 0.4) is 0 Å². The van der Waals surface area contributed by atoms with Crippen LogP contribution in [0.15, 0.2) is 12.1 Å². The van der Waals surface area contributed by atoms with E-state index in [0.29, 0.717) is 70.2 Å². The summed E-state index contributed by atoms with van der Waals surface area (Å²) in [7, 11) is 5.26. The maximum atomic E-state index is 13.8. The Morgan fingerprint density at radius 1 is 1.02 bits per heavy atom. The fourth-order valence-electron chi connectivity index (χ4n) is 7.24. The van der Waals surface area contributed by atoms with Gasteiger partial charge in [-0.05, 0) is 74.6 Å². The minimum Gasteiger partial charge on any atom is -0.493 e. The van der Waals surface area contributed by atoms with Crippen LogP contribution in [-0.2, 0) is 32.0 Å². The van der Waals surface area contributed by atoms with Crippen molar-refractivity contribution in [3.63, 3.8) is 0 Å². The van der Waals surface area contributed by atoms with E-state index in [1.165, 1.54) is 0 Å². The second kappa shape index (κ2) is 13.4. The molecule has 10 heteroatoms. The van der Waals surface area contributed by atoms with Gasteiger partial charge in [-0.15, -0.1) is 0 Å². The molecule has 5 rings (SSSR count). The Bertz CT molecular complexity index is 1110. The number of ether oxygens (including phenoxy) is 3. The summed E-state index contributed by atoms with van der Waals surface area (Å²) in [5.41, 5.74) is 2.08. The third-order valence-corrected chi connectivity index (χ3v) is 9.37. The summed E-state index contributed by atoms with van der Waals surface area (Å²) in [6.07, 6.45) is 5.52. The van der Waals surface area contributed by atoms with Gasteiger partial charge in [0.05, 0.1) is 27.4 Å². The molecule has 0 aromatic heterocycles. The van der Waals surface area contributed by atoms with E-state index >= 15 is 0 Å². The molecule has 0 spiro atoms. The van der Waals surface area contributed by atoms with E-state index < -0.39 is 0 Å². The Kier molecular flexibility index (Phi) is 9.70. The first-order valence-corrected chi connectivity index (χ1v) is 15.2. The molecule has 4 atom stereocenters. The number of carbonyl (C=O) groups is 3. The summed E-state index contributed by atoms with van der Waals surface area (Å²) in [6, 6.07) is 3.86. The molecule has 1 aromatic rings. The average Bonchev–Trinajstić information content (AvgIpc) is 2.98. The minimum absolute atomic E-state index is 0.0244. The van der Waals surface area contributed by atoms with E-state index in [1.807, 2.05) is 18.0 Å². The van der Waals surface area contributed by atoms with Crippen LogP contribution in [0.5, 0.6) is 11.5 Å². The second-order valence-corrected chi connectivity index (χ2v) is 12.1. The smallest absolute Gasteiger partial charge is 0.242 e. The van der Waals surface area contributed by atoms with Gasteiger partial charge in [-0.3, -0.25) is 19.3 Å². The third-order valence-electron chi connectivity index (χ3n) is 9.37. The van der Waals surface area contributed by atoms with E-state index in [2.05, 4.69) is 21.2 Å². The zero-order valence-electron chi connectivity index (χ0n) is 24.9. The number of nitrogens with one attached hydrogen (secondary N) is 1. The number of benzene rings is 1. The number of rotatable bonds is 3. The van der Waals surface area contributed by atoms with Gasteiger partial charge in [0, 0.05) is 51.6 Å². The zero-order valence-corrected chi connectivity index (χ0v) is 24.9. The maximum Gasteiger partial charge on any atom is 0.242 e. The number of piperidine rings is 2. The standard InChI is InChI=1S/C31H46N4O6/c1-33-12-13-41-20-26(33)31(38)34-17-22-15-24(19-34)25-7-4-8-28(36)32-11-5-6-23-14-21(9-10-29(37)35(25)18-22)16-27(39-2)30(23)40-3/h14,16,22,24-26H,4-13,15,17-20H2,1-3H3,(H,32,36)/t22-,24+,25-,26+/m0/s1. The van der Waals surface area contributed by atoms with Gasteiger partial charge in [-0.25, -0.2) is 0 Å². The molecule has 0 saturated carbocycles. The van der Waals surface area contributed by atoms with Crippen LogP contribution in [0.4, 0.5) is 0 Å². The topological polar surface area (TPSA) is 101 Å². The van der Waals surface area contributed by atoms with Crippen molar-refractivity contribution >= 4 is 17.7 Å². The lowest BCUT2D eigenvalue weighted by Crippen LogP contribution is -2.62. The molecule has 3 amide bonds. The van der Waals surface area contributed by atoms with Gasteiger partial charge >= 0.3 is 0 Å². The molecule has 10 nitrogen and oxygen atoms in total. The lowest BCUT2D eigenvalue weighted by atomic mass is 9.77. The molecule has 4 heterocycles. The lowest BCUT2D eigenvalue weighted by Gasteiger charge is -2.51. The van der Waals surface area contributed by atoms with E-state index in [-0.39, 0.29) is 41.6 Å². The van der Waals surface area contributed by atoms with Gasteiger partial charge in [0.1, 0.15) is 6.04 Å². The zero-order chi connectivity index (χ0) is 28.9. The average molecular weight is 571 g/mol. The SMILES string of the molecule is COc1cc2cc(c1OC)CCCNC(=O)CCC[C@H]1[C@@H]3C[C@@H](CN(C(=O)[C@H]4COCCN4C)C3)CN1C(=O)CC2. The van der Waals surface area contributed by atoms with Crippen molar-refractivity contribution < 1.29 is 28.6 Å². The van der Waals surface area contributed by atoms with Crippen molar-refractivity contribution in [1.82, 2.24) is 20.0 Å². The van der Waals surface area contributed by atoms with E-state index in [9.17, 15) is 14.4 Å². The Hall–Kier alpha value is -2.85. The molecule has 0 unspecified atom stereocenters. The number of amides is 3. The maximum absolute atomic E-state index is 13.8. The van der Waals surface area contributed by atoms with Crippen LogP contribution in [0.25, 0.3) is 0 Å². The van der Waals surface area contributed by atoms with Crippen molar-refractivity contribution in [3.05, 3.63) is 23.3 Å². The summed E-state index contributed by atoms with van der Waals surface area (Å²) < 4.78 is 16.9. The lowest BCUT2D eigenvalue weighted by molar-refractivity contribution is -0.151. The van der Waals surface area contributed by atoms with Gasteiger partial charge in [-0.1, -0.05) is 6.07 Å². The van der Waals surface area contributed by atoms with Crippen LogP contribution in [0.1, 0.15) is 49.7 Å². The molecular formula is C31H46N4O6. The Morgan fingerprint density at radius 3 is 2.66 bits per heavy atom. The van der Waals surface area contributed by atoms with E-state index in [4.69, 9.17) is 14.2 Å². The Labute approximate surface area is 243 Å². The Morgan fingerprint density at radius 2 is 1.88 bits per heavy atom. The van der Waals surface area contributed by atoms with Crippen LogP contribution < -0.4 is 14.8 Å². The number of carbonyl (C=O) groups excluding carboxylic acids is 3. The van der Waals surface area contributed by atoms with Crippen molar-refractivity contribution in [3.8, 4) is 11.5 Å². The van der Waals surface area contributed by atoms with Crippen molar-refractivity contribution in [2.24, 2.45) is 11.8 Å². The number of hydrogen-bond acceptors (Lipinski definition) is 7. The van der Waals surface area contributed by atoms with E-state index in [0.717, 1.165) is 49.8 Å². The summed E-state index contributed by atoms with van der Waals surface area (Å²) in [5.74, 6) is 2.18. The molecule has 41 heavy (non-hydrogen) atoms. The fraction of sp³-hybridized carbons (Fsp3) is 0.710. The molecule has 1 aromatic carbocycles. The summed E-state index contributed by atoms with van der Waals surface area (Å²) in [5, 5.41) is 3.06. The highest BCUT2D eigenvalue weighted by molar-refractivity contribution is 5.82. The third kappa shape index (κ3) is 6.80. The highest BCUT2D eigenvalue weighted by atomic mass is 16.5. The van der Waals surface area contributed by atoms with Gasteiger partial charge in [0.25, 0.3) is 0 Å². The summed E-state index contributed by atoms with van der Waals surface area (Å²) in [6.45, 7) is 4.43. The van der Waals surface area contributed by atoms with Crippen LogP contribution in [0.2, 0.25) is 0 Å². The van der Waals surface area contributed by atoms with Crippen molar-refractivity contribution in [2.75, 3.05) is 67.2 Å². The van der Waals surface area contributed by atoms with Crippen molar-refractivity contribution in [1.29, 1.82) is 0 Å². The number of likely N-dealkylation sites (N-methyl/N-ethyl adjacent to an activating group) is 1. The highest BCUT2D eigenvalue weighted by Gasteiger charge is 2.44. The number of fused-ring (bicyclic) bond motifs is 6. The highest BCUT2D eigenvalue weighted by Crippen LogP contribution is 2.37. The van der Waals surface area contributed by atoms with Gasteiger partial charge < -0.3 is 29.3 Å². The number of methoxy groups -OCH3 is 2. The number of likely N-dealkylation sites (tertiary alicyclic amines) is 1. The first-order chi connectivity index (χ1) is 19.9. The summed E-state index contributed by atoms with van der Waals surface area (Å²) in [4.78, 5) is 46.2. The molecule has 4 aliphatic heterocycles. The predicted octanol–water partition coefficient (Wildman–Crippen LogP) is 1.88. The first-order valence-electron chi connectivity index (χ1n) is 15.2. The second-order valence-electron chi connectivity index (χ2n) is 12.1. The van der Waals surface area contributed by atoms with Gasteiger partial charge in [0.15, 0.2) is 11.5 Å². The molecule has 3 saturated heterocycles. The molecular weight excluding hydrogens is 524 g/mol. The Balaban J connectivity index is 1.35. The van der Waals surface area contributed by atoms with Crippen molar-refractivity contribution in [2.45, 2.75) is 63.5 Å². The number of hydrogen-bond donors (Lipinski definition) is 1. The number of morpholine rings is 1. The van der Waals surface area contributed by atoms with Gasteiger partial charge in [-0.2, -0.15) is 0 Å². The van der Waals surface area contributed by atoms with Crippen LogP contribution in [-0.4, -0.2) is 112 Å². The monoisotopic (exact) mass is 570 g/mol. The van der Waals surface area contributed by atoms with Crippen LogP contribution in [0, 0.1) is 11.8 Å². The largest absolute Gasteiger partial charge is 0.493 e. The fourth-order valence-corrected chi connectivity index (χ4v) is 7.24. The molecule has 1 N–H and O–H groups in total.